The molecule has 0 saturated carbocycles. The van der Waals surface area contributed by atoms with E-state index in [1.165, 1.54) is 19.1 Å². The molecule has 0 fully saturated rings. The Morgan fingerprint density at radius 3 is 2.64 bits per heavy atom. The maximum atomic E-state index is 14.4. The Morgan fingerprint density at radius 1 is 1.29 bits per heavy atom. The smallest absolute Gasteiger partial charge is 0.252 e. The molecule has 28 heavy (non-hydrogen) atoms. The summed E-state index contributed by atoms with van der Waals surface area (Å²) in [6, 6.07) is 6.13. The van der Waals surface area contributed by atoms with Crippen LogP contribution in [-0.4, -0.2) is 14.5 Å². The van der Waals surface area contributed by atoms with Crippen molar-refractivity contribution >= 4 is 16.7 Å². The van der Waals surface area contributed by atoms with Gasteiger partial charge in [-0.05, 0) is 20.8 Å². The second kappa shape index (κ2) is 9.09. The Kier molecular flexibility index (Phi) is 6.83. The second-order valence-electron chi connectivity index (χ2n) is 6.11. The minimum absolute atomic E-state index is 0.0350. The molecule has 0 radical (unpaired) electrons. The van der Waals surface area contributed by atoms with Gasteiger partial charge in [0.1, 0.15) is 23.6 Å². The lowest BCUT2D eigenvalue weighted by Crippen LogP contribution is -2.18. The van der Waals surface area contributed by atoms with Crippen LogP contribution < -0.4 is 10.9 Å². The number of fused-ring (bicyclic) bond motifs is 1. The highest BCUT2D eigenvalue weighted by Crippen LogP contribution is 2.24. The molecule has 146 valence electrons. The number of benzene rings is 1. The van der Waals surface area contributed by atoms with Crippen LogP contribution >= 0.6 is 0 Å². The zero-order valence-corrected chi connectivity index (χ0v) is 16.0. The van der Waals surface area contributed by atoms with Crippen LogP contribution in [0, 0.1) is 25.6 Å². The van der Waals surface area contributed by atoms with Crippen molar-refractivity contribution in [3.8, 4) is 12.8 Å². The first kappa shape index (κ1) is 21.0. The largest absolute Gasteiger partial charge is 0.365 e. The minimum Gasteiger partial charge on any atom is -0.365 e. The van der Waals surface area contributed by atoms with E-state index >= 15 is 0 Å². The molecular formula is C21H22F2N4O. The SMILES string of the molecule is C#C.CCn1cc2c(NCc3cccc(C(C)F)c3F)nc(C)nc2cc1=O. The molecule has 0 saturated heterocycles. The predicted molar refractivity (Wildman–Crippen MR) is 107 cm³/mol. The lowest BCUT2D eigenvalue weighted by Gasteiger charge is -2.13. The Bertz CT molecular complexity index is 1060. The quantitative estimate of drug-likeness (QED) is 0.672. The number of anilines is 1. The van der Waals surface area contributed by atoms with Crippen molar-refractivity contribution < 1.29 is 8.78 Å². The Hall–Kier alpha value is -3.27. The first-order valence-electron chi connectivity index (χ1n) is 8.78. The number of halogens is 2. The number of hydrogen-bond donors (Lipinski definition) is 1. The highest BCUT2D eigenvalue weighted by atomic mass is 19.1. The summed E-state index contributed by atoms with van der Waals surface area (Å²) in [4.78, 5) is 20.7. The zero-order valence-electron chi connectivity index (χ0n) is 16.0. The van der Waals surface area contributed by atoms with Crippen molar-refractivity contribution in [1.29, 1.82) is 0 Å². The first-order chi connectivity index (χ1) is 13.4. The highest BCUT2D eigenvalue weighted by molar-refractivity contribution is 5.88. The number of hydrogen-bond acceptors (Lipinski definition) is 4. The molecule has 0 bridgehead atoms. The third-order valence-corrected chi connectivity index (χ3v) is 4.24. The van der Waals surface area contributed by atoms with Crippen LogP contribution in [0.3, 0.4) is 0 Å². The highest BCUT2D eigenvalue weighted by Gasteiger charge is 2.14. The van der Waals surface area contributed by atoms with Crippen molar-refractivity contribution in [1.82, 2.24) is 14.5 Å². The third kappa shape index (κ3) is 4.34. The number of pyridine rings is 1. The predicted octanol–water partition coefficient (Wildman–Crippen LogP) is 4.15. The van der Waals surface area contributed by atoms with Crippen molar-refractivity contribution in [2.24, 2.45) is 0 Å². The second-order valence-corrected chi connectivity index (χ2v) is 6.11. The van der Waals surface area contributed by atoms with Crippen LogP contribution in [0.1, 0.15) is 37.0 Å². The van der Waals surface area contributed by atoms with E-state index in [1.54, 1.807) is 29.8 Å². The van der Waals surface area contributed by atoms with Gasteiger partial charge < -0.3 is 9.88 Å². The molecular weight excluding hydrogens is 362 g/mol. The molecule has 1 aromatic carbocycles. The molecule has 0 aliphatic carbocycles. The molecule has 1 N–H and O–H groups in total. The minimum atomic E-state index is -1.38. The summed E-state index contributed by atoms with van der Waals surface area (Å²) in [5.41, 5.74) is 0.772. The third-order valence-electron chi connectivity index (χ3n) is 4.24. The summed E-state index contributed by atoms with van der Waals surface area (Å²) in [5.74, 6) is 0.448. The molecule has 5 nitrogen and oxygen atoms in total. The molecule has 3 rings (SSSR count). The fraction of sp³-hybridized carbons (Fsp3) is 0.286. The molecule has 7 heteroatoms. The van der Waals surface area contributed by atoms with Crippen LogP contribution in [0.4, 0.5) is 14.6 Å². The van der Waals surface area contributed by atoms with Crippen LogP contribution in [0.5, 0.6) is 0 Å². The summed E-state index contributed by atoms with van der Waals surface area (Å²) in [6.45, 7) is 5.56. The van der Waals surface area contributed by atoms with Crippen LogP contribution in [0.25, 0.3) is 10.9 Å². The number of terminal acetylenes is 1. The van der Waals surface area contributed by atoms with Gasteiger partial charge in [-0.3, -0.25) is 4.79 Å². The summed E-state index contributed by atoms with van der Waals surface area (Å²) >= 11 is 0. The lowest BCUT2D eigenvalue weighted by atomic mass is 10.1. The van der Waals surface area contributed by atoms with Crippen molar-refractivity contribution in [3.05, 3.63) is 63.6 Å². The molecule has 2 heterocycles. The summed E-state index contributed by atoms with van der Waals surface area (Å²) < 4.78 is 29.5. The van der Waals surface area contributed by atoms with Crippen molar-refractivity contribution in [2.45, 2.75) is 40.0 Å². The number of nitrogens with zero attached hydrogens (tertiary/aromatic N) is 3. The van der Waals surface area contributed by atoms with E-state index in [-0.39, 0.29) is 17.7 Å². The van der Waals surface area contributed by atoms with Gasteiger partial charge in [0.2, 0.25) is 0 Å². The monoisotopic (exact) mass is 384 g/mol. The van der Waals surface area contributed by atoms with Gasteiger partial charge in [-0.25, -0.2) is 18.7 Å². The fourth-order valence-electron chi connectivity index (χ4n) is 2.86. The van der Waals surface area contributed by atoms with Gasteiger partial charge in [0, 0.05) is 36.5 Å². The van der Waals surface area contributed by atoms with Crippen LogP contribution in [0.2, 0.25) is 0 Å². The molecule has 0 aliphatic rings. The number of nitrogens with one attached hydrogen (secondary N) is 1. The molecule has 0 aliphatic heterocycles. The molecule has 1 unspecified atom stereocenters. The number of rotatable bonds is 5. The maximum Gasteiger partial charge on any atom is 0.252 e. The maximum absolute atomic E-state index is 14.4. The summed E-state index contributed by atoms with van der Waals surface area (Å²) in [7, 11) is 0. The van der Waals surface area contributed by atoms with E-state index in [0.717, 1.165) is 0 Å². The molecule has 0 spiro atoms. The molecule has 3 aromatic rings. The molecule has 1 atom stereocenters. The van der Waals surface area contributed by atoms with Gasteiger partial charge in [0.15, 0.2) is 0 Å². The van der Waals surface area contributed by atoms with Gasteiger partial charge in [0.25, 0.3) is 5.56 Å². The van der Waals surface area contributed by atoms with E-state index in [1.807, 2.05) is 6.92 Å². The van der Waals surface area contributed by atoms with Crippen molar-refractivity contribution in [2.75, 3.05) is 5.32 Å². The average Bonchev–Trinajstić information content (AvgIpc) is 2.67. The van der Waals surface area contributed by atoms with Crippen LogP contribution in [0.15, 0.2) is 35.3 Å². The van der Waals surface area contributed by atoms with Gasteiger partial charge in [-0.1, -0.05) is 18.2 Å². The number of alkyl halides is 1. The molecule has 0 amide bonds. The Labute approximate surface area is 162 Å². The Morgan fingerprint density at radius 2 is 2.00 bits per heavy atom. The number of aromatic nitrogens is 3. The lowest BCUT2D eigenvalue weighted by molar-refractivity contribution is 0.360. The van der Waals surface area contributed by atoms with Crippen molar-refractivity contribution in [3.63, 3.8) is 0 Å². The first-order valence-corrected chi connectivity index (χ1v) is 8.78. The average molecular weight is 384 g/mol. The summed E-state index contributed by atoms with van der Waals surface area (Å²) in [6.07, 6.45) is 8.31. The van der Waals surface area contributed by atoms with E-state index < -0.39 is 12.0 Å². The van der Waals surface area contributed by atoms with E-state index in [0.29, 0.717) is 34.7 Å². The Balaban J connectivity index is 0.00000136. The fourth-order valence-corrected chi connectivity index (χ4v) is 2.86. The van der Waals surface area contributed by atoms with Crippen LogP contribution in [-0.2, 0) is 13.1 Å². The number of aryl methyl sites for hydroxylation is 2. The van der Waals surface area contributed by atoms with Gasteiger partial charge in [-0.15, -0.1) is 12.8 Å². The normalized spacial score (nSPS) is 11.5. The van der Waals surface area contributed by atoms with Gasteiger partial charge in [0.05, 0.1) is 10.9 Å². The van der Waals surface area contributed by atoms with E-state index in [2.05, 4.69) is 28.1 Å². The standard InChI is InChI=1S/C19H20F2N4O.C2H2/c1-4-25-10-15-16(8-17(25)26)23-12(3)24-19(15)22-9-13-6-5-7-14(11(2)20)18(13)21;1-2/h5-8,10-11H,4,9H2,1-3H3,(H,22,23,24);1-2H. The molecule has 2 aromatic heterocycles. The van der Waals surface area contributed by atoms with E-state index in [4.69, 9.17) is 0 Å². The topological polar surface area (TPSA) is 59.8 Å². The van der Waals surface area contributed by atoms with Gasteiger partial charge >= 0.3 is 0 Å². The zero-order chi connectivity index (χ0) is 20.8. The van der Waals surface area contributed by atoms with E-state index in [9.17, 15) is 13.6 Å². The summed E-state index contributed by atoms with van der Waals surface area (Å²) in [5, 5.41) is 3.77. The van der Waals surface area contributed by atoms with Gasteiger partial charge in [-0.2, -0.15) is 0 Å².